The molecule has 0 saturated heterocycles. The van der Waals surface area contributed by atoms with Crippen LogP contribution < -0.4 is 20.5 Å². The van der Waals surface area contributed by atoms with E-state index in [4.69, 9.17) is 15.2 Å². The first-order chi connectivity index (χ1) is 9.19. The van der Waals surface area contributed by atoms with Crippen LogP contribution in [0.15, 0.2) is 24.3 Å². The van der Waals surface area contributed by atoms with Crippen LogP contribution in [0.2, 0.25) is 0 Å². The first kappa shape index (κ1) is 13.7. The van der Waals surface area contributed by atoms with Crippen LogP contribution in [-0.4, -0.2) is 32.7 Å². The monoisotopic (exact) mass is 264 g/mol. The molecule has 1 aliphatic carbocycles. The summed E-state index contributed by atoms with van der Waals surface area (Å²) in [7, 11) is 1.57. The molecule has 0 atom stereocenters. The summed E-state index contributed by atoms with van der Waals surface area (Å²) < 4.78 is 10.6. The molecule has 1 amide bonds. The molecule has 0 aliphatic heterocycles. The fourth-order valence-electron chi connectivity index (χ4n) is 1.85. The third-order valence-electron chi connectivity index (χ3n) is 3.48. The van der Waals surface area contributed by atoms with E-state index in [2.05, 4.69) is 5.32 Å². The van der Waals surface area contributed by atoms with Crippen molar-refractivity contribution in [2.75, 3.05) is 26.8 Å². The number of para-hydroxylation sites is 2. The van der Waals surface area contributed by atoms with Crippen LogP contribution in [0.3, 0.4) is 0 Å². The van der Waals surface area contributed by atoms with E-state index in [-0.39, 0.29) is 17.9 Å². The van der Waals surface area contributed by atoms with Crippen molar-refractivity contribution < 1.29 is 14.3 Å². The Morgan fingerprint density at radius 3 is 2.63 bits per heavy atom. The quantitative estimate of drug-likeness (QED) is 0.768. The van der Waals surface area contributed by atoms with Gasteiger partial charge in [0.2, 0.25) is 0 Å². The van der Waals surface area contributed by atoms with Crippen molar-refractivity contribution in [2.45, 2.75) is 12.8 Å². The highest BCUT2D eigenvalue weighted by Gasteiger charge is 2.41. The second-order valence-corrected chi connectivity index (χ2v) is 4.92. The summed E-state index contributed by atoms with van der Waals surface area (Å²) in [4.78, 5) is 11.7. The number of methoxy groups -OCH3 is 1. The van der Waals surface area contributed by atoms with Crippen LogP contribution in [0.1, 0.15) is 12.8 Å². The van der Waals surface area contributed by atoms with E-state index >= 15 is 0 Å². The van der Waals surface area contributed by atoms with E-state index in [0.717, 1.165) is 12.8 Å². The van der Waals surface area contributed by atoms with Crippen molar-refractivity contribution in [2.24, 2.45) is 11.1 Å². The summed E-state index contributed by atoms with van der Waals surface area (Å²) in [5.74, 6) is 1.06. The van der Waals surface area contributed by atoms with E-state index in [1.807, 2.05) is 12.1 Å². The van der Waals surface area contributed by atoms with Gasteiger partial charge in [-0.1, -0.05) is 12.1 Å². The highest BCUT2D eigenvalue weighted by Crippen LogP contribution is 2.43. The molecule has 5 heteroatoms. The zero-order valence-electron chi connectivity index (χ0n) is 11.1. The summed E-state index contributed by atoms with van der Waals surface area (Å²) in [6, 6.07) is 7.25. The van der Waals surface area contributed by atoms with Gasteiger partial charge in [-0.2, -0.15) is 0 Å². The van der Waals surface area contributed by atoms with E-state index in [0.29, 0.717) is 24.6 Å². The van der Waals surface area contributed by atoms with Crippen molar-refractivity contribution in [3.63, 3.8) is 0 Å². The Kier molecular flexibility index (Phi) is 4.27. The van der Waals surface area contributed by atoms with Crippen molar-refractivity contribution >= 4 is 5.91 Å². The highest BCUT2D eigenvalue weighted by atomic mass is 16.5. The number of carbonyl (C=O) groups is 1. The maximum atomic E-state index is 11.7. The minimum absolute atomic E-state index is 0.0129. The number of hydrogen-bond donors (Lipinski definition) is 2. The zero-order chi connectivity index (χ0) is 13.7. The van der Waals surface area contributed by atoms with Gasteiger partial charge in [0.05, 0.1) is 7.11 Å². The van der Waals surface area contributed by atoms with Gasteiger partial charge >= 0.3 is 0 Å². The Bertz CT molecular complexity index is 444. The minimum Gasteiger partial charge on any atom is -0.493 e. The third-order valence-corrected chi connectivity index (χ3v) is 3.48. The summed E-state index contributed by atoms with van der Waals surface area (Å²) in [5.41, 5.74) is 5.80. The predicted octanol–water partition coefficient (Wildman–Crippen LogP) is 0.929. The van der Waals surface area contributed by atoms with Crippen LogP contribution in [0, 0.1) is 5.41 Å². The standard InChI is InChI=1S/C14H20N2O3/c1-18-11-4-2-3-5-12(11)19-8-13(17)16-10-14(9-15)6-7-14/h2-5H,6-10,15H2,1H3,(H,16,17). The molecule has 1 saturated carbocycles. The van der Waals surface area contributed by atoms with Crippen LogP contribution in [0.5, 0.6) is 11.5 Å². The first-order valence-electron chi connectivity index (χ1n) is 6.42. The Hall–Kier alpha value is -1.75. The fraction of sp³-hybridized carbons (Fsp3) is 0.500. The summed E-state index contributed by atoms with van der Waals surface area (Å²) >= 11 is 0. The first-order valence-corrected chi connectivity index (χ1v) is 6.42. The number of benzene rings is 1. The molecule has 0 aromatic heterocycles. The third kappa shape index (κ3) is 3.61. The van der Waals surface area contributed by atoms with Gasteiger partial charge in [0.15, 0.2) is 18.1 Å². The molecule has 0 spiro atoms. The molecule has 1 aromatic rings. The van der Waals surface area contributed by atoms with E-state index < -0.39 is 0 Å². The van der Waals surface area contributed by atoms with Gasteiger partial charge in [-0.15, -0.1) is 0 Å². The average Bonchev–Trinajstić information content (AvgIpc) is 3.24. The molecule has 104 valence electrons. The SMILES string of the molecule is COc1ccccc1OCC(=O)NCC1(CN)CC1. The maximum Gasteiger partial charge on any atom is 0.257 e. The van der Waals surface area contributed by atoms with Crippen molar-refractivity contribution in [1.82, 2.24) is 5.32 Å². The summed E-state index contributed by atoms with van der Waals surface area (Å²) in [6.07, 6.45) is 2.19. The van der Waals surface area contributed by atoms with Gasteiger partial charge < -0.3 is 20.5 Å². The molecule has 2 rings (SSSR count). The number of hydrogen-bond acceptors (Lipinski definition) is 4. The Labute approximate surface area is 113 Å². The van der Waals surface area contributed by atoms with E-state index in [1.54, 1.807) is 19.2 Å². The van der Waals surface area contributed by atoms with E-state index in [1.165, 1.54) is 0 Å². The lowest BCUT2D eigenvalue weighted by Gasteiger charge is -2.14. The number of ether oxygens (including phenoxy) is 2. The largest absolute Gasteiger partial charge is 0.493 e. The molecule has 0 bridgehead atoms. The smallest absolute Gasteiger partial charge is 0.257 e. The molecule has 0 unspecified atom stereocenters. The molecule has 1 fully saturated rings. The Morgan fingerprint density at radius 1 is 1.37 bits per heavy atom. The lowest BCUT2D eigenvalue weighted by atomic mass is 10.1. The normalized spacial score (nSPS) is 15.7. The average molecular weight is 264 g/mol. The summed E-state index contributed by atoms with van der Waals surface area (Å²) in [6.45, 7) is 1.25. The molecule has 5 nitrogen and oxygen atoms in total. The molecule has 19 heavy (non-hydrogen) atoms. The van der Waals surface area contributed by atoms with Gasteiger partial charge in [0, 0.05) is 6.54 Å². The van der Waals surface area contributed by atoms with Gasteiger partial charge in [0.1, 0.15) is 0 Å². The minimum atomic E-state index is -0.134. The molecule has 1 aromatic carbocycles. The van der Waals surface area contributed by atoms with Gasteiger partial charge in [-0.05, 0) is 36.9 Å². The second kappa shape index (κ2) is 5.93. The number of rotatable bonds is 7. The van der Waals surface area contributed by atoms with Crippen molar-refractivity contribution in [3.8, 4) is 11.5 Å². The fourth-order valence-corrected chi connectivity index (χ4v) is 1.85. The van der Waals surface area contributed by atoms with Crippen LogP contribution >= 0.6 is 0 Å². The van der Waals surface area contributed by atoms with Crippen LogP contribution in [-0.2, 0) is 4.79 Å². The molecular weight excluding hydrogens is 244 g/mol. The van der Waals surface area contributed by atoms with Crippen LogP contribution in [0.4, 0.5) is 0 Å². The Morgan fingerprint density at radius 2 is 2.05 bits per heavy atom. The zero-order valence-corrected chi connectivity index (χ0v) is 11.1. The lowest BCUT2D eigenvalue weighted by Crippen LogP contribution is -2.36. The van der Waals surface area contributed by atoms with Gasteiger partial charge in [-0.25, -0.2) is 0 Å². The van der Waals surface area contributed by atoms with Crippen molar-refractivity contribution in [1.29, 1.82) is 0 Å². The van der Waals surface area contributed by atoms with Crippen LogP contribution in [0.25, 0.3) is 0 Å². The number of amides is 1. The molecule has 0 radical (unpaired) electrons. The molecule has 1 aliphatic rings. The van der Waals surface area contributed by atoms with Gasteiger partial charge in [0.25, 0.3) is 5.91 Å². The number of nitrogens with one attached hydrogen (secondary N) is 1. The summed E-state index contributed by atoms with van der Waals surface area (Å²) in [5, 5.41) is 2.86. The second-order valence-electron chi connectivity index (χ2n) is 4.92. The molecule has 3 N–H and O–H groups in total. The van der Waals surface area contributed by atoms with Gasteiger partial charge in [-0.3, -0.25) is 4.79 Å². The molecule has 0 heterocycles. The topological polar surface area (TPSA) is 73.6 Å². The molecular formula is C14H20N2O3. The highest BCUT2D eigenvalue weighted by molar-refractivity contribution is 5.77. The lowest BCUT2D eigenvalue weighted by molar-refractivity contribution is -0.123. The predicted molar refractivity (Wildman–Crippen MR) is 72.2 cm³/mol. The maximum absolute atomic E-state index is 11.7. The van der Waals surface area contributed by atoms with E-state index in [9.17, 15) is 4.79 Å². The number of carbonyl (C=O) groups excluding carboxylic acids is 1. The Balaban J connectivity index is 1.77. The van der Waals surface area contributed by atoms with Crippen molar-refractivity contribution in [3.05, 3.63) is 24.3 Å². The number of nitrogens with two attached hydrogens (primary N) is 1.